The van der Waals surface area contributed by atoms with E-state index in [0.717, 1.165) is 48.3 Å². The molecule has 4 rings (SSSR count). The van der Waals surface area contributed by atoms with Gasteiger partial charge >= 0.3 is 0 Å². The third-order valence-corrected chi connectivity index (χ3v) is 6.27. The molecule has 7 heteroatoms. The second kappa shape index (κ2) is 10.6. The van der Waals surface area contributed by atoms with Gasteiger partial charge in [-0.3, -0.25) is 9.69 Å². The van der Waals surface area contributed by atoms with Crippen LogP contribution in [0.3, 0.4) is 0 Å². The minimum Gasteiger partial charge on any atom is -0.395 e. The van der Waals surface area contributed by atoms with E-state index in [4.69, 9.17) is 9.47 Å². The van der Waals surface area contributed by atoms with Crippen LogP contribution in [0.4, 0.5) is 5.69 Å². The Hall–Kier alpha value is -2.29. The van der Waals surface area contributed by atoms with Gasteiger partial charge in [0.1, 0.15) is 0 Å². The number of rotatable bonds is 7. The van der Waals surface area contributed by atoms with Crippen LogP contribution in [0.25, 0.3) is 0 Å². The molecule has 2 heterocycles. The van der Waals surface area contributed by atoms with Crippen molar-refractivity contribution in [3.63, 3.8) is 0 Å². The Kier molecular flexibility index (Phi) is 7.55. The number of carbonyl (C=O) groups excluding carboxylic acids is 1. The Labute approximate surface area is 189 Å². The number of carbonyl (C=O) groups is 1. The van der Waals surface area contributed by atoms with Crippen molar-refractivity contribution in [3.8, 4) is 0 Å². The molecule has 0 spiro atoms. The molecule has 0 aromatic heterocycles. The Morgan fingerprint density at radius 3 is 2.44 bits per heavy atom. The molecule has 2 aliphatic heterocycles. The molecule has 0 aliphatic carbocycles. The molecule has 0 bridgehead atoms. The fourth-order valence-electron chi connectivity index (χ4n) is 4.56. The van der Waals surface area contributed by atoms with Crippen molar-refractivity contribution in [1.29, 1.82) is 0 Å². The number of nitrogens with one attached hydrogen (secondary N) is 1. The summed E-state index contributed by atoms with van der Waals surface area (Å²) >= 11 is 0. The van der Waals surface area contributed by atoms with Gasteiger partial charge in [0, 0.05) is 37.2 Å². The number of ether oxygens (including phenoxy) is 2. The lowest BCUT2D eigenvalue weighted by Crippen LogP contribution is -2.42. The highest BCUT2D eigenvalue weighted by molar-refractivity contribution is 5.88. The van der Waals surface area contributed by atoms with Gasteiger partial charge in [-0.1, -0.05) is 36.4 Å². The zero-order valence-electron chi connectivity index (χ0n) is 18.4. The van der Waals surface area contributed by atoms with Crippen LogP contribution in [0, 0.1) is 0 Å². The minimum absolute atomic E-state index is 0.0122. The van der Waals surface area contributed by atoms with Crippen molar-refractivity contribution < 1.29 is 24.5 Å². The molecule has 2 aromatic rings. The summed E-state index contributed by atoms with van der Waals surface area (Å²) in [4.78, 5) is 13.6. The van der Waals surface area contributed by atoms with Gasteiger partial charge in [0.2, 0.25) is 5.91 Å². The van der Waals surface area contributed by atoms with Crippen LogP contribution in [-0.2, 0) is 20.9 Å². The lowest BCUT2D eigenvalue weighted by Gasteiger charge is -2.38. The highest BCUT2D eigenvalue weighted by atomic mass is 16.7. The summed E-state index contributed by atoms with van der Waals surface area (Å²) in [5.41, 5.74) is 3.54. The molecule has 1 amide bonds. The van der Waals surface area contributed by atoms with Crippen LogP contribution in [0.5, 0.6) is 0 Å². The van der Waals surface area contributed by atoms with Gasteiger partial charge < -0.3 is 25.0 Å². The quantitative estimate of drug-likeness (QED) is 0.613. The number of amides is 1. The molecule has 32 heavy (non-hydrogen) atoms. The number of aliphatic hydroxyl groups excluding tert-OH is 2. The second-order valence-electron chi connectivity index (χ2n) is 8.63. The van der Waals surface area contributed by atoms with E-state index in [1.165, 1.54) is 6.92 Å². The summed E-state index contributed by atoms with van der Waals surface area (Å²) in [5, 5.41) is 21.8. The number of aliphatic hydroxyl groups is 2. The second-order valence-corrected chi connectivity index (χ2v) is 8.63. The van der Waals surface area contributed by atoms with Gasteiger partial charge in [-0.05, 0) is 42.6 Å². The maximum absolute atomic E-state index is 11.3. The highest BCUT2D eigenvalue weighted by Crippen LogP contribution is 2.38. The first kappa shape index (κ1) is 22.9. The molecule has 3 N–H and O–H groups in total. The number of anilines is 1. The predicted octanol–water partition coefficient (Wildman–Crippen LogP) is 3.14. The lowest BCUT2D eigenvalue weighted by atomic mass is 9.99. The summed E-state index contributed by atoms with van der Waals surface area (Å²) in [5.74, 6) is -0.113. The van der Waals surface area contributed by atoms with E-state index < -0.39 is 6.29 Å². The monoisotopic (exact) mass is 440 g/mol. The molecule has 4 atom stereocenters. The number of hydrogen-bond donors (Lipinski definition) is 3. The van der Waals surface area contributed by atoms with E-state index in [2.05, 4.69) is 10.2 Å². The van der Waals surface area contributed by atoms with Gasteiger partial charge in [0.05, 0.1) is 25.4 Å². The van der Waals surface area contributed by atoms with Gasteiger partial charge in [-0.15, -0.1) is 0 Å². The van der Waals surface area contributed by atoms with Gasteiger partial charge in [-0.25, -0.2) is 0 Å². The fourth-order valence-corrected chi connectivity index (χ4v) is 4.56. The third-order valence-electron chi connectivity index (χ3n) is 6.27. The number of likely N-dealkylation sites (tertiary alicyclic amines) is 1. The molecule has 2 saturated heterocycles. The number of benzene rings is 2. The molecule has 2 aliphatic rings. The summed E-state index contributed by atoms with van der Waals surface area (Å²) in [7, 11) is 0. The average Bonchev–Trinajstić information content (AvgIpc) is 3.26. The topological polar surface area (TPSA) is 91.3 Å². The molecular weight excluding hydrogens is 408 g/mol. The molecule has 2 aromatic carbocycles. The van der Waals surface area contributed by atoms with Crippen LogP contribution in [0.2, 0.25) is 0 Å². The van der Waals surface area contributed by atoms with Crippen molar-refractivity contribution in [2.45, 2.75) is 57.3 Å². The number of nitrogens with zero attached hydrogens (tertiary/aromatic N) is 1. The molecular formula is C25H32N2O5. The first-order chi connectivity index (χ1) is 15.6. The first-order valence-electron chi connectivity index (χ1n) is 11.3. The average molecular weight is 441 g/mol. The molecule has 0 radical (unpaired) electrons. The van der Waals surface area contributed by atoms with E-state index in [0.29, 0.717) is 6.42 Å². The zero-order valence-corrected chi connectivity index (χ0v) is 18.4. The van der Waals surface area contributed by atoms with E-state index >= 15 is 0 Å². The number of hydrogen-bond acceptors (Lipinski definition) is 6. The van der Waals surface area contributed by atoms with E-state index in [9.17, 15) is 15.0 Å². The SMILES string of the molecule is CC(=O)Nc1ccc([C@@H]2O[C@H](CN3CCC[C@H]3CO)C[C@H](c3ccc(CO)cc3)O2)cc1. The maximum Gasteiger partial charge on any atom is 0.221 e. The van der Waals surface area contributed by atoms with Crippen LogP contribution >= 0.6 is 0 Å². The van der Waals surface area contributed by atoms with Crippen molar-refractivity contribution in [2.24, 2.45) is 0 Å². The Morgan fingerprint density at radius 2 is 1.78 bits per heavy atom. The summed E-state index contributed by atoms with van der Waals surface area (Å²) in [6.45, 7) is 3.39. The Bertz CT molecular complexity index is 886. The van der Waals surface area contributed by atoms with Crippen molar-refractivity contribution in [1.82, 2.24) is 4.90 Å². The van der Waals surface area contributed by atoms with Crippen molar-refractivity contribution in [3.05, 3.63) is 65.2 Å². The smallest absolute Gasteiger partial charge is 0.221 e. The Balaban J connectivity index is 1.53. The third kappa shape index (κ3) is 5.54. The van der Waals surface area contributed by atoms with Crippen LogP contribution in [-0.4, -0.2) is 52.9 Å². The maximum atomic E-state index is 11.3. The minimum atomic E-state index is -0.530. The van der Waals surface area contributed by atoms with E-state index in [-0.39, 0.29) is 37.4 Å². The summed E-state index contributed by atoms with van der Waals surface area (Å²) in [6.07, 6.45) is 2.11. The van der Waals surface area contributed by atoms with Gasteiger partial charge in [-0.2, -0.15) is 0 Å². The normalized spacial score (nSPS) is 26.2. The standard InChI is InChI=1S/C25H32N2O5/c1-17(30)26-21-10-8-20(9-11-21)25-31-23(14-27-12-2-3-22(27)16-29)13-24(32-25)19-6-4-18(15-28)5-7-19/h4-11,22-25,28-29H,2-3,12-16H2,1H3,(H,26,30)/t22-,23-,24+,25+/m0/s1. The molecule has 172 valence electrons. The van der Waals surface area contributed by atoms with Crippen molar-refractivity contribution in [2.75, 3.05) is 25.0 Å². The predicted molar refractivity (Wildman–Crippen MR) is 121 cm³/mol. The van der Waals surface area contributed by atoms with Crippen molar-refractivity contribution >= 4 is 11.6 Å². The van der Waals surface area contributed by atoms with Crippen LogP contribution in [0.1, 0.15) is 55.3 Å². The van der Waals surface area contributed by atoms with E-state index in [1.54, 1.807) is 0 Å². The largest absolute Gasteiger partial charge is 0.395 e. The van der Waals surface area contributed by atoms with Gasteiger partial charge in [0.15, 0.2) is 6.29 Å². The fraction of sp³-hybridized carbons (Fsp3) is 0.480. The molecule has 2 fully saturated rings. The lowest BCUT2D eigenvalue weighted by molar-refractivity contribution is -0.253. The van der Waals surface area contributed by atoms with Gasteiger partial charge in [0.25, 0.3) is 0 Å². The molecule has 7 nitrogen and oxygen atoms in total. The Morgan fingerprint density at radius 1 is 1.06 bits per heavy atom. The summed E-state index contributed by atoms with van der Waals surface area (Å²) in [6, 6.07) is 15.6. The van der Waals surface area contributed by atoms with Crippen LogP contribution in [0.15, 0.2) is 48.5 Å². The molecule has 0 saturated carbocycles. The van der Waals surface area contributed by atoms with E-state index in [1.807, 2.05) is 48.5 Å². The molecule has 0 unspecified atom stereocenters. The first-order valence-corrected chi connectivity index (χ1v) is 11.3. The zero-order chi connectivity index (χ0) is 22.5. The highest BCUT2D eigenvalue weighted by Gasteiger charge is 2.35. The van der Waals surface area contributed by atoms with Crippen LogP contribution < -0.4 is 5.32 Å². The summed E-state index contributed by atoms with van der Waals surface area (Å²) < 4.78 is 12.7.